The smallest absolute Gasteiger partial charge is 0.264 e. The Bertz CT molecular complexity index is 170. The van der Waals surface area contributed by atoms with E-state index in [2.05, 4.69) is 0 Å². The molecule has 0 atom stereocenters. The van der Waals surface area contributed by atoms with Gasteiger partial charge in [-0.25, -0.2) is 5.84 Å². The number of amides is 1. The Morgan fingerprint density at radius 2 is 2.10 bits per heavy atom. The SMILES string of the molecule is C/C=C\C(=C/C)C(=O)NN. The average Bonchev–Trinajstić information content (AvgIpc) is 1.99. The molecular weight excluding hydrogens is 128 g/mol. The number of carbonyl (C=O) groups excluding carboxylic acids is 1. The zero-order valence-corrected chi connectivity index (χ0v) is 6.22. The van der Waals surface area contributed by atoms with Gasteiger partial charge in [0, 0.05) is 5.57 Å². The van der Waals surface area contributed by atoms with Crippen molar-refractivity contribution in [2.24, 2.45) is 5.84 Å². The Morgan fingerprint density at radius 3 is 2.40 bits per heavy atom. The molecule has 0 aromatic carbocycles. The van der Waals surface area contributed by atoms with E-state index in [0.29, 0.717) is 5.57 Å². The average molecular weight is 140 g/mol. The van der Waals surface area contributed by atoms with Crippen molar-refractivity contribution in [3.63, 3.8) is 0 Å². The normalized spacial score (nSPS) is 12.1. The monoisotopic (exact) mass is 140 g/mol. The summed E-state index contributed by atoms with van der Waals surface area (Å²) in [5.74, 6) is 4.64. The lowest BCUT2D eigenvalue weighted by atomic mass is 10.2. The third-order valence-corrected chi connectivity index (χ3v) is 1.05. The van der Waals surface area contributed by atoms with Gasteiger partial charge in [0.2, 0.25) is 0 Å². The maximum absolute atomic E-state index is 10.8. The number of hydrogen-bond donors (Lipinski definition) is 2. The molecule has 0 rings (SSSR count). The van der Waals surface area contributed by atoms with Crippen molar-refractivity contribution in [1.82, 2.24) is 5.43 Å². The molecule has 3 heteroatoms. The Balaban J connectivity index is 4.23. The molecule has 1 amide bonds. The van der Waals surface area contributed by atoms with Crippen LogP contribution in [0.2, 0.25) is 0 Å². The molecule has 0 bridgehead atoms. The van der Waals surface area contributed by atoms with Crippen LogP contribution in [-0.4, -0.2) is 5.91 Å². The number of rotatable bonds is 2. The fourth-order valence-electron chi connectivity index (χ4n) is 0.566. The van der Waals surface area contributed by atoms with Gasteiger partial charge >= 0.3 is 0 Å². The van der Waals surface area contributed by atoms with E-state index in [9.17, 15) is 4.79 Å². The van der Waals surface area contributed by atoms with Gasteiger partial charge in [-0.05, 0) is 13.8 Å². The number of nitrogens with one attached hydrogen (secondary N) is 1. The van der Waals surface area contributed by atoms with Crippen LogP contribution in [-0.2, 0) is 4.79 Å². The molecule has 0 unspecified atom stereocenters. The Morgan fingerprint density at radius 1 is 1.50 bits per heavy atom. The molecule has 0 radical (unpaired) electrons. The van der Waals surface area contributed by atoms with Crippen LogP contribution in [0.3, 0.4) is 0 Å². The molecule has 0 spiro atoms. The second-order valence-corrected chi connectivity index (χ2v) is 1.72. The third-order valence-electron chi connectivity index (χ3n) is 1.05. The maximum atomic E-state index is 10.8. The van der Waals surface area contributed by atoms with Gasteiger partial charge in [-0.3, -0.25) is 10.2 Å². The first-order chi connectivity index (χ1) is 4.76. The minimum Gasteiger partial charge on any atom is -0.290 e. The summed E-state index contributed by atoms with van der Waals surface area (Å²) >= 11 is 0. The number of hydrogen-bond acceptors (Lipinski definition) is 2. The zero-order chi connectivity index (χ0) is 7.98. The minimum atomic E-state index is -0.263. The van der Waals surface area contributed by atoms with Crippen LogP contribution in [0.25, 0.3) is 0 Å². The molecule has 0 saturated heterocycles. The standard InChI is InChI=1S/C7H12N2O/c1-3-5-6(4-2)7(10)9-8/h3-5H,8H2,1-2H3,(H,9,10)/b5-3-,6-4+. The maximum Gasteiger partial charge on any atom is 0.264 e. The molecule has 56 valence electrons. The van der Waals surface area contributed by atoms with Crippen molar-refractivity contribution in [2.45, 2.75) is 13.8 Å². The highest BCUT2D eigenvalue weighted by atomic mass is 16.2. The molecule has 3 nitrogen and oxygen atoms in total. The summed E-state index contributed by atoms with van der Waals surface area (Å²) < 4.78 is 0. The van der Waals surface area contributed by atoms with Crippen LogP contribution in [0.1, 0.15) is 13.8 Å². The first-order valence-electron chi connectivity index (χ1n) is 3.06. The highest BCUT2D eigenvalue weighted by Crippen LogP contribution is 1.94. The molecule has 0 aliphatic heterocycles. The third kappa shape index (κ3) is 2.46. The largest absolute Gasteiger partial charge is 0.290 e. The van der Waals surface area contributed by atoms with Crippen LogP contribution < -0.4 is 11.3 Å². The lowest BCUT2D eigenvalue weighted by Gasteiger charge is -1.96. The van der Waals surface area contributed by atoms with E-state index >= 15 is 0 Å². The van der Waals surface area contributed by atoms with E-state index in [1.54, 1.807) is 25.2 Å². The van der Waals surface area contributed by atoms with Crippen molar-refractivity contribution in [3.05, 3.63) is 23.8 Å². The van der Waals surface area contributed by atoms with Gasteiger partial charge < -0.3 is 0 Å². The Labute approximate surface area is 60.6 Å². The van der Waals surface area contributed by atoms with Crippen LogP contribution in [0.5, 0.6) is 0 Å². The first-order valence-corrected chi connectivity index (χ1v) is 3.06. The van der Waals surface area contributed by atoms with E-state index < -0.39 is 0 Å². The van der Waals surface area contributed by atoms with Gasteiger partial charge in [0.15, 0.2) is 0 Å². The first kappa shape index (κ1) is 8.91. The predicted octanol–water partition coefficient (Wildman–Crippen LogP) is 0.499. The fourth-order valence-corrected chi connectivity index (χ4v) is 0.566. The summed E-state index contributed by atoms with van der Waals surface area (Å²) in [6.45, 7) is 3.62. The molecule has 10 heavy (non-hydrogen) atoms. The zero-order valence-electron chi connectivity index (χ0n) is 6.22. The van der Waals surface area contributed by atoms with Gasteiger partial charge in [-0.1, -0.05) is 18.2 Å². The van der Waals surface area contributed by atoms with Gasteiger partial charge in [-0.15, -0.1) is 0 Å². The van der Waals surface area contributed by atoms with Crippen molar-refractivity contribution < 1.29 is 4.79 Å². The van der Waals surface area contributed by atoms with E-state index in [0.717, 1.165) is 0 Å². The van der Waals surface area contributed by atoms with Gasteiger partial charge in [0.25, 0.3) is 5.91 Å². The Kier molecular flexibility index (Phi) is 4.24. The lowest BCUT2D eigenvalue weighted by molar-refractivity contribution is -0.117. The molecule has 0 fully saturated rings. The highest BCUT2D eigenvalue weighted by molar-refractivity contribution is 5.95. The van der Waals surface area contributed by atoms with Gasteiger partial charge in [0.1, 0.15) is 0 Å². The van der Waals surface area contributed by atoms with Crippen LogP contribution >= 0.6 is 0 Å². The quantitative estimate of drug-likeness (QED) is 0.193. The second-order valence-electron chi connectivity index (χ2n) is 1.72. The summed E-state index contributed by atoms with van der Waals surface area (Å²) in [6.07, 6.45) is 5.18. The van der Waals surface area contributed by atoms with E-state index in [-0.39, 0.29) is 5.91 Å². The number of carbonyl (C=O) groups is 1. The van der Waals surface area contributed by atoms with Crippen LogP contribution in [0.4, 0.5) is 0 Å². The van der Waals surface area contributed by atoms with Crippen molar-refractivity contribution in [3.8, 4) is 0 Å². The van der Waals surface area contributed by atoms with E-state index in [1.165, 1.54) is 0 Å². The summed E-state index contributed by atoms with van der Waals surface area (Å²) in [7, 11) is 0. The number of allylic oxidation sites excluding steroid dienone is 2. The Hall–Kier alpha value is -1.09. The van der Waals surface area contributed by atoms with Crippen LogP contribution in [0.15, 0.2) is 23.8 Å². The van der Waals surface area contributed by atoms with Gasteiger partial charge in [0.05, 0.1) is 0 Å². The van der Waals surface area contributed by atoms with Gasteiger partial charge in [-0.2, -0.15) is 0 Å². The van der Waals surface area contributed by atoms with Crippen molar-refractivity contribution in [1.29, 1.82) is 0 Å². The van der Waals surface area contributed by atoms with Crippen molar-refractivity contribution in [2.75, 3.05) is 0 Å². The fraction of sp³-hybridized carbons (Fsp3) is 0.286. The number of nitrogens with two attached hydrogens (primary N) is 1. The van der Waals surface area contributed by atoms with Crippen molar-refractivity contribution >= 4 is 5.91 Å². The highest BCUT2D eigenvalue weighted by Gasteiger charge is 1.99. The predicted molar refractivity (Wildman–Crippen MR) is 40.9 cm³/mol. The topological polar surface area (TPSA) is 55.1 Å². The summed E-state index contributed by atoms with van der Waals surface area (Å²) in [4.78, 5) is 10.8. The molecule has 0 aliphatic rings. The molecule has 0 aromatic heterocycles. The molecule has 0 aliphatic carbocycles. The summed E-state index contributed by atoms with van der Waals surface area (Å²) in [5, 5.41) is 0. The molecular formula is C7H12N2O. The summed E-state index contributed by atoms with van der Waals surface area (Å²) in [6, 6.07) is 0. The lowest BCUT2D eigenvalue weighted by Crippen LogP contribution is -2.30. The van der Waals surface area contributed by atoms with E-state index in [4.69, 9.17) is 5.84 Å². The van der Waals surface area contributed by atoms with Crippen LogP contribution in [0, 0.1) is 0 Å². The molecule has 0 heterocycles. The summed E-state index contributed by atoms with van der Waals surface area (Å²) in [5.41, 5.74) is 2.62. The second kappa shape index (κ2) is 4.76. The van der Waals surface area contributed by atoms with E-state index in [1.807, 2.05) is 12.3 Å². The molecule has 0 saturated carbocycles. The molecule has 0 aromatic rings. The minimum absolute atomic E-state index is 0.263. The molecule has 3 N–H and O–H groups in total. The number of hydrazine groups is 1.